The first-order valence-electron chi connectivity index (χ1n) is 12.2. The zero-order valence-electron chi connectivity index (χ0n) is 19.7. The van der Waals surface area contributed by atoms with Crippen LogP contribution in [0.2, 0.25) is 0 Å². The van der Waals surface area contributed by atoms with Gasteiger partial charge in [0.2, 0.25) is 0 Å². The number of likely N-dealkylation sites (tertiary alicyclic amines) is 1. The fraction of sp³-hybridized carbons (Fsp3) is 0.385. The Morgan fingerprint density at radius 3 is 2.62 bits per heavy atom. The molecule has 194 valence electrons. The Balaban J connectivity index is 1.51. The number of benzene rings is 2. The maximum absolute atomic E-state index is 14.2. The molecule has 4 aromatic rings. The molecule has 0 aliphatic carbocycles. The van der Waals surface area contributed by atoms with E-state index in [0.29, 0.717) is 40.9 Å². The van der Waals surface area contributed by atoms with Gasteiger partial charge in [-0.15, -0.1) is 0 Å². The lowest BCUT2D eigenvalue weighted by Gasteiger charge is -2.23. The van der Waals surface area contributed by atoms with Crippen molar-refractivity contribution in [2.24, 2.45) is 0 Å². The highest BCUT2D eigenvalue weighted by molar-refractivity contribution is 5.91. The van der Waals surface area contributed by atoms with Crippen molar-refractivity contribution < 1.29 is 27.5 Å². The predicted molar refractivity (Wildman–Crippen MR) is 130 cm³/mol. The maximum Gasteiger partial charge on any atom is 0.407 e. The van der Waals surface area contributed by atoms with Crippen LogP contribution in [0.15, 0.2) is 36.4 Å². The standard InChI is InChI=1S/C26H25F4N5O2/c27-13-1-3-19-20(9-17-5-15(29)10-31-17)24(32-21(19)7-13)25-33-22-8-14(28)2-4-23(22)35(25)12-18-6-16(30)11-34(18)26(36)37/h1-4,7-8,15-18,31-32H,5-6,9-12H2,(H,36,37)/t15-,16-,17-,18-/m0/s1. The summed E-state index contributed by atoms with van der Waals surface area (Å²) in [7, 11) is 0. The second-order valence-electron chi connectivity index (χ2n) is 9.91. The van der Waals surface area contributed by atoms with Crippen LogP contribution >= 0.6 is 0 Å². The summed E-state index contributed by atoms with van der Waals surface area (Å²) in [5.74, 6) is -0.513. The largest absolute Gasteiger partial charge is 0.465 e. The molecule has 0 bridgehead atoms. The van der Waals surface area contributed by atoms with Crippen molar-refractivity contribution in [2.45, 2.75) is 50.2 Å². The Morgan fingerprint density at radius 2 is 1.86 bits per heavy atom. The Hall–Kier alpha value is -3.60. The molecule has 4 heterocycles. The topological polar surface area (TPSA) is 86.2 Å². The molecule has 1 amide bonds. The number of nitrogens with one attached hydrogen (secondary N) is 2. The average molecular weight is 516 g/mol. The molecule has 11 heteroatoms. The molecule has 0 unspecified atom stereocenters. The molecule has 6 rings (SSSR count). The number of aromatic amines is 1. The Morgan fingerprint density at radius 1 is 1.08 bits per heavy atom. The Kier molecular flexibility index (Phi) is 5.82. The van der Waals surface area contributed by atoms with Crippen molar-refractivity contribution in [3.63, 3.8) is 0 Å². The minimum atomic E-state index is -1.29. The zero-order chi connectivity index (χ0) is 25.8. The molecule has 4 atom stereocenters. The van der Waals surface area contributed by atoms with Crippen molar-refractivity contribution in [3.05, 3.63) is 53.6 Å². The van der Waals surface area contributed by atoms with Crippen molar-refractivity contribution in [2.75, 3.05) is 13.1 Å². The number of alkyl halides is 2. The van der Waals surface area contributed by atoms with Crippen LogP contribution in [0.4, 0.5) is 22.4 Å². The first-order valence-corrected chi connectivity index (χ1v) is 12.2. The third kappa shape index (κ3) is 4.30. The monoisotopic (exact) mass is 515 g/mol. The van der Waals surface area contributed by atoms with Crippen LogP contribution in [0, 0.1) is 11.6 Å². The summed E-state index contributed by atoms with van der Waals surface area (Å²) >= 11 is 0. The third-order valence-electron chi connectivity index (χ3n) is 7.42. The lowest BCUT2D eigenvalue weighted by Crippen LogP contribution is -2.37. The highest BCUT2D eigenvalue weighted by Crippen LogP contribution is 2.35. The number of carboxylic acid groups (broad SMARTS) is 1. The summed E-state index contributed by atoms with van der Waals surface area (Å²) in [5.41, 5.74) is 2.79. The Labute approximate surface area is 209 Å². The van der Waals surface area contributed by atoms with Gasteiger partial charge in [0.25, 0.3) is 0 Å². The fourth-order valence-corrected chi connectivity index (χ4v) is 5.76. The van der Waals surface area contributed by atoms with Gasteiger partial charge in [-0.1, -0.05) is 0 Å². The van der Waals surface area contributed by atoms with Crippen molar-refractivity contribution >= 4 is 28.0 Å². The number of aromatic nitrogens is 3. The molecular weight excluding hydrogens is 490 g/mol. The van der Waals surface area contributed by atoms with Crippen molar-refractivity contribution in [1.82, 2.24) is 24.8 Å². The van der Waals surface area contributed by atoms with Crippen molar-refractivity contribution in [3.8, 4) is 11.5 Å². The van der Waals surface area contributed by atoms with E-state index < -0.39 is 36.1 Å². The second kappa shape index (κ2) is 9.05. The summed E-state index contributed by atoms with van der Waals surface area (Å²) in [4.78, 5) is 20.8. The molecule has 0 saturated carbocycles. The number of fused-ring (bicyclic) bond motifs is 2. The van der Waals surface area contributed by atoms with E-state index >= 15 is 0 Å². The van der Waals surface area contributed by atoms with E-state index in [2.05, 4.69) is 15.3 Å². The molecule has 0 radical (unpaired) electrons. The maximum atomic E-state index is 14.2. The molecule has 2 aliphatic rings. The number of hydrogen-bond donors (Lipinski definition) is 3. The van der Waals surface area contributed by atoms with E-state index in [1.807, 2.05) is 0 Å². The smallest absolute Gasteiger partial charge is 0.407 e. The van der Waals surface area contributed by atoms with Gasteiger partial charge in [0.15, 0.2) is 5.82 Å². The van der Waals surface area contributed by atoms with Gasteiger partial charge in [0.05, 0.1) is 29.3 Å². The molecule has 0 spiro atoms. The van der Waals surface area contributed by atoms with Gasteiger partial charge in [0.1, 0.15) is 24.0 Å². The van der Waals surface area contributed by atoms with Gasteiger partial charge in [-0.2, -0.15) is 0 Å². The minimum absolute atomic E-state index is 0.0290. The Bertz CT molecular complexity index is 1500. The van der Waals surface area contributed by atoms with E-state index in [-0.39, 0.29) is 32.1 Å². The van der Waals surface area contributed by atoms with Crippen LogP contribution in [-0.4, -0.2) is 68.2 Å². The van der Waals surface area contributed by atoms with Gasteiger partial charge >= 0.3 is 6.09 Å². The summed E-state index contributed by atoms with van der Waals surface area (Å²) in [5, 5.41) is 13.5. The van der Waals surface area contributed by atoms with Gasteiger partial charge in [0, 0.05) is 42.5 Å². The van der Waals surface area contributed by atoms with Gasteiger partial charge < -0.3 is 24.9 Å². The molecule has 37 heavy (non-hydrogen) atoms. The van der Waals surface area contributed by atoms with E-state index in [9.17, 15) is 27.5 Å². The number of nitrogens with zero attached hydrogens (tertiary/aromatic N) is 3. The van der Waals surface area contributed by atoms with Crippen molar-refractivity contribution in [1.29, 1.82) is 0 Å². The summed E-state index contributed by atoms with van der Waals surface area (Å²) in [6.07, 6.45) is -2.65. The zero-order valence-corrected chi connectivity index (χ0v) is 19.7. The minimum Gasteiger partial charge on any atom is -0.465 e. The summed E-state index contributed by atoms with van der Waals surface area (Å²) in [6, 6.07) is 7.72. The molecule has 2 aliphatic heterocycles. The first kappa shape index (κ1) is 23.8. The van der Waals surface area contributed by atoms with E-state index in [1.54, 1.807) is 16.7 Å². The van der Waals surface area contributed by atoms with Gasteiger partial charge in [-0.3, -0.25) is 0 Å². The van der Waals surface area contributed by atoms with Crippen LogP contribution < -0.4 is 5.32 Å². The normalized spacial score (nSPS) is 24.1. The van der Waals surface area contributed by atoms with Crippen LogP contribution in [-0.2, 0) is 13.0 Å². The molecule has 2 aromatic heterocycles. The lowest BCUT2D eigenvalue weighted by atomic mass is 10.0. The lowest BCUT2D eigenvalue weighted by molar-refractivity contribution is 0.134. The quantitative estimate of drug-likeness (QED) is 0.334. The number of carbonyl (C=O) groups is 1. The van der Waals surface area contributed by atoms with Gasteiger partial charge in [-0.25, -0.2) is 27.3 Å². The average Bonchev–Trinajstić information content (AvgIpc) is 3.59. The van der Waals surface area contributed by atoms with Crippen LogP contribution in [0.5, 0.6) is 0 Å². The molecule has 3 N–H and O–H groups in total. The molecule has 2 aromatic carbocycles. The fourth-order valence-electron chi connectivity index (χ4n) is 5.76. The predicted octanol–water partition coefficient (Wildman–Crippen LogP) is 4.80. The van der Waals surface area contributed by atoms with Gasteiger partial charge in [-0.05, 0) is 48.7 Å². The number of amides is 1. The number of rotatable bonds is 5. The van der Waals surface area contributed by atoms with Crippen LogP contribution in [0.25, 0.3) is 33.5 Å². The highest BCUT2D eigenvalue weighted by Gasteiger charge is 2.37. The summed E-state index contributed by atoms with van der Waals surface area (Å²) in [6.45, 7) is 0.138. The third-order valence-corrected chi connectivity index (χ3v) is 7.42. The molecular formula is C26H25F4N5O2. The molecule has 2 saturated heterocycles. The molecule has 2 fully saturated rings. The number of hydrogen-bond acceptors (Lipinski definition) is 3. The second-order valence-corrected chi connectivity index (χ2v) is 9.91. The number of H-pyrrole nitrogens is 1. The SMILES string of the molecule is O=C(O)N1C[C@@H](F)C[C@H]1Cn1c(-c2[nH]c3cc(F)ccc3c2C[C@@H]2C[C@H](F)CN2)nc2cc(F)ccc21. The number of imidazole rings is 1. The van der Waals surface area contributed by atoms with E-state index in [1.165, 1.54) is 24.3 Å². The highest BCUT2D eigenvalue weighted by atomic mass is 19.1. The first-order chi connectivity index (χ1) is 17.8. The summed E-state index contributed by atoms with van der Waals surface area (Å²) < 4.78 is 58.2. The van der Waals surface area contributed by atoms with E-state index in [0.717, 1.165) is 15.8 Å². The van der Waals surface area contributed by atoms with E-state index in [4.69, 9.17) is 0 Å². The van der Waals surface area contributed by atoms with Crippen LogP contribution in [0.3, 0.4) is 0 Å². The number of halogens is 4. The molecule has 7 nitrogen and oxygen atoms in total. The van der Waals surface area contributed by atoms with Crippen LogP contribution in [0.1, 0.15) is 18.4 Å².